The van der Waals surface area contributed by atoms with Gasteiger partial charge in [0.15, 0.2) is 6.10 Å². The molecule has 0 spiro atoms. The van der Waals surface area contributed by atoms with Crippen LogP contribution in [0, 0.1) is 0 Å². The Labute approximate surface area is 144 Å². The first-order chi connectivity index (χ1) is 11.5. The summed E-state index contributed by atoms with van der Waals surface area (Å²) in [4.78, 5) is 12.5. The largest absolute Gasteiger partial charge is 0.480 e. The second kappa shape index (κ2) is 8.39. The number of para-hydroxylation sites is 1. The van der Waals surface area contributed by atoms with Crippen molar-refractivity contribution in [2.24, 2.45) is 0 Å². The smallest absolute Gasteiger partial charge is 0.265 e. The van der Waals surface area contributed by atoms with Crippen LogP contribution in [0.4, 0.5) is 11.4 Å². The van der Waals surface area contributed by atoms with Crippen molar-refractivity contribution in [1.29, 1.82) is 0 Å². The predicted octanol–water partition coefficient (Wildman–Crippen LogP) is 4.58. The van der Waals surface area contributed by atoms with E-state index in [1.807, 2.05) is 25.1 Å². The molecule has 0 heterocycles. The van der Waals surface area contributed by atoms with Crippen molar-refractivity contribution in [3.8, 4) is 5.75 Å². The summed E-state index contributed by atoms with van der Waals surface area (Å²) >= 11 is 0. The maximum Gasteiger partial charge on any atom is 0.265 e. The van der Waals surface area contributed by atoms with Gasteiger partial charge >= 0.3 is 0 Å². The number of amides is 1. The minimum absolute atomic E-state index is 0.152. The summed E-state index contributed by atoms with van der Waals surface area (Å²) in [7, 11) is 0. The first kappa shape index (κ1) is 17.9. The molecule has 0 bridgehead atoms. The number of carbonyl (C=O) groups is 1. The molecule has 0 saturated heterocycles. The molecule has 128 valence electrons. The van der Waals surface area contributed by atoms with Crippen molar-refractivity contribution in [2.45, 2.75) is 45.6 Å². The molecule has 1 amide bonds. The van der Waals surface area contributed by atoms with E-state index >= 15 is 0 Å². The molecule has 0 radical (unpaired) electrons. The molecule has 0 fully saturated rings. The molecular formula is C20H26N2O2. The molecule has 0 aliphatic rings. The number of hydrogen-bond donors (Lipinski definition) is 2. The Balaban J connectivity index is 2.11. The van der Waals surface area contributed by atoms with Crippen LogP contribution in [0.1, 0.15) is 45.1 Å². The van der Waals surface area contributed by atoms with Gasteiger partial charge in [0, 0.05) is 11.4 Å². The average molecular weight is 326 g/mol. The summed E-state index contributed by atoms with van der Waals surface area (Å²) in [5.74, 6) is 1.02. The lowest BCUT2D eigenvalue weighted by molar-refractivity contribution is -0.122. The second-order valence-electron chi connectivity index (χ2n) is 5.97. The van der Waals surface area contributed by atoms with Crippen molar-refractivity contribution >= 4 is 17.3 Å². The van der Waals surface area contributed by atoms with Crippen molar-refractivity contribution < 1.29 is 9.53 Å². The van der Waals surface area contributed by atoms with Crippen LogP contribution in [-0.4, -0.2) is 12.0 Å². The van der Waals surface area contributed by atoms with Gasteiger partial charge in [-0.25, -0.2) is 0 Å². The number of nitrogen functional groups attached to an aromatic ring is 1. The highest BCUT2D eigenvalue weighted by atomic mass is 16.5. The standard InChI is InChI=1S/C20H26N2O2/c1-4-14(3)17-8-6-7-9-19(17)24-18(5-2)20(23)22-16-12-10-15(21)11-13-16/h6-14,18H,4-5,21H2,1-3H3,(H,22,23)/t14-,18+/m0/s1. The van der Waals surface area contributed by atoms with Crippen LogP contribution in [-0.2, 0) is 4.79 Å². The Morgan fingerprint density at radius 1 is 1.08 bits per heavy atom. The zero-order chi connectivity index (χ0) is 17.5. The quantitative estimate of drug-likeness (QED) is 0.732. The highest BCUT2D eigenvalue weighted by Crippen LogP contribution is 2.29. The number of rotatable bonds is 7. The Bertz CT molecular complexity index is 668. The van der Waals surface area contributed by atoms with Gasteiger partial charge < -0.3 is 15.8 Å². The third-order valence-corrected chi connectivity index (χ3v) is 4.17. The Kier molecular flexibility index (Phi) is 6.24. The van der Waals surface area contributed by atoms with E-state index in [4.69, 9.17) is 10.5 Å². The van der Waals surface area contributed by atoms with Crippen LogP contribution < -0.4 is 15.8 Å². The Morgan fingerprint density at radius 2 is 1.75 bits per heavy atom. The lowest BCUT2D eigenvalue weighted by Gasteiger charge is -2.21. The van der Waals surface area contributed by atoms with Crippen LogP contribution in [0.2, 0.25) is 0 Å². The van der Waals surface area contributed by atoms with E-state index in [0.717, 1.165) is 17.7 Å². The molecule has 2 aromatic carbocycles. The van der Waals surface area contributed by atoms with E-state index < -0.39 is 6.10 Å². The molecule has 2 atom stereocenters. The number of carbonyl (C=O) groups excluding carboxylic acids is 1. The number of ether oxygens (including phenoxy) is 1. The van der Waals surface area contributed by atoms with E-state index in [9.17, 15) is 4.79 Å². The highest BCUT2D eigenvalue weighted by molar-refractivity contribution is 5.94. The molecule has 3 N–H and O–H groups in total. The fourth-order valence-corrected chi connectivity index (χ4v) is 2.48. The lowest BCUT2D eigenvalue weighted by atomic mass is 9.98. The maximum atomic E-state index is 12.5. The minimum Gasteiger partial charge on any atom is -0.480 e. The first-order valence-corrected chi connectivity index (χ1v) is 8.47. The van der Waals surface area contributed by atoms with E-state index in [-0.39, 0.29) is 5.91 Å². The Morgan fingerprint density at radius 3 is 2.38 bits per heavy atom. The third kappa shape index (κ3) is 4.51. The highest BCUT2D eigenvalue weighted by Gasteiger charge is 2.20. The first-order valence-electron chi connectivity index (χ1n) is 8.47. The predicted molar refractivity (Wildman–Crippen MR) is 99.3 cm³/mol. The molecule has 4 heteroatoms. The lowest BCUT2D eigenvalue weighted by Crippen LogP contribution is -2.32. The van der Waals surface area contributed by atoms with Gasteiger partial charge in [-0.1, -0.05) is 39.0 Å². The number of benzene rings is 2. The van der Waals surface area contributed by atoms with Crippen LogP contribution >= 0.6 is 0 Å². The minimum atomic E-state index is -0.534. The molecule has 0 aliphatic carbocycles. The molecule has 0 unspecified atom stereocenters. The zero-order valence-electron chi connectivity index (χ0n) is 14.6. The van der Waals surface area contributed by atoms with Crippen LogP contribution in [0.25, 0.3) is 0 Å². The molecular weight excluding hydrogens is 300 g/mol. The fraction of sp³-hybridized carbons (Fsp3) is 0.350. The maximum absolute atomic E-state index is 12.5. The molecule has 4 nitrogen and oxygen atoms in total. The van der Waals surface area contributed by atoms with Crippen molar-refractivity contribution in [3.63, 3.8) is 0 Å². The van der Waals surface area contributed by atoms with Gasteiger partial charge in [0.2, 0.25) is 0 Å². The van der Waals surface area contributed by atoms with E-state index in [1.54, 1.807) is 24.3 Å². The van der Waals surface area contributed by atoms with Gasteiger partial charge in [0.25, 0.3) is 5.91 Å². The van der Waals surface area contributed by atoms with Gasteiger partial charge in [0.1, 0.15) is 5.75 Å². The number of nitrogens with one attached hydrogen (secondary N) is 1. The molecule has 2 rings (SSSR count). The fourth-order valence-electron chi connectivity index (χ4n) is 2.48. The van der Waals surface area contributed by atoms with Crippen molar-refractivity contribution in [2.75, 3.05) is 11.1 Å². The monoisotopic (exact) mass is 326 g/mol. The van der Waals surface area contributed by atoms with Gasteiger partial charge in [-0.3, -0.25) is 4.79 Å². The average Bonchev–Trinajstić information content (AvgIpc) is 2.61. The summed E-state index contributed by atoms with van der Waals surface area (Å²) in [6.45, 7) is 6.25. The molecule has 2 aromatic rings. The van der Waals surface area contributed by atoms with Crippen molar-refractivity contribution in [1.82, 2.24) is 0 Å². The molecule has 0 aliphatic heterocycles. The molecule has 0 saturated carbocycles. The van der Waals surface area contributed by atoms with Gasteiger partial charge in [-0.15, -0.1) is 0 Å². The van der Waals surface area contributed by atoms with E-state index in [0.29, 0.717) is 23.7 Å². The SMILES string of the molecule is CC[C@@H](Oc1ccccc1[C@@H](C)CC)C(=O)Nc1ccc(N)cc1. The third-order valence-electron chi connectivity index (χ3n) is 4.17. The van der Waals surface area contributed by atoms with Crippen LogP contribution in [0.15, 0.2) is 48.5 Å². The van der Waals surface area contributed by atoms with Crippen LogP contribution in [0.3, 0.4) is 0 Å². The molecule has 0 aromatic heterocycles. The summed E-state index contributed by atoms with van der Waals surface area (Å²) < 4.78 is 6.04. The number of anilines is 2. The van der Waals surface area contributed by atoms with Crippen LogP contribution in [0.5, 0.6) is 5.75 Å². The van der Waals surface area contributed by atoms with Gasteiger partial charge in [-0.05, 0) is 54.7 Å². The summed E-state index contributed by atoms with van der Waals surface area (Å²) in [5, 5.41) is 2.88. The number of hydrogen-bond acceptors (Lipinski definition) is 3. The normalized spacial score (nSPS) is 13.1. The van der Waals surface area contributed by atoms with E-state index in [2.05, 4.69) is 25.2 Å². The zero-order valence-corrected chi connectivity index (χ0v) is 14.6. The molecule has 24 heavy (non-hydrogen) atoms. The van der Waals surface area contributed by atoms with E-state index in [1.165, 1.54) is 0 Å². The summed E-state index contributed by atoms with van der Waals surface area (Å²) in [5.41, 5.74) is 8.18. The summed E-state index contributed by atoms with van der Waals surface area (Å²) in [6, 6.07) is 15.0. The number of nitrogens with two attached hydrogens (primary N) is 1. The van der Waals surface area contributed by atoms with Crippen molar-refractivity contribution in [3.05, 3.63) is 54.1 Å². The second-order valence-corrected chi connectivity index (χ2v) is 5.97. The topological polar surface area (TPSA) is 64.3 Å². The Hall–Kier alpha value is -2.49. The summed E-state index contributed by atoms with van der Waals surface area (Å²) in [6.07, 6.45) is 1.08. The van der Waals surface area contributed by atoms with Gasteiger partial charge in [-0.2, -0.15) is 0 Å². The van der Waals surface area contributed by atoms with Gasteiger partial charge in [0.05, 0.1) is 0 Å².